The number of allylic oxidation sites excluding steroid dienone is 3. The van der Waals surface area contributed by atoms with E-state index in [9.17, 15) is 4.79 Å². The van der Waals surface area contributed by atoms with Crippen molar-refractivity contribution in [3.8, 4) is 0 Å². The van der Waals surface area contributed by atoms with Crippen molar-refractivity contribution < 1.29 is 4.79 Å². The second kappa shape index (κ2) is 2.77. The van der Waals surface area contributed by atoms with Gasteiger partial charge in [0, 0.05) is 25.0 Å². The molecule has 0 radical (unpaired) electrons. The van der Waals surface area contributed by atoms with Crippen molar-refractivity contribution in [1.29, 1.82) is 0 Å². The highest BCUT2D eigenvalue weighted by molar-refractivity contribution is 6.15. The van der Waals surface area contributed by atoms with Crippen LogP contribution in [0.15, 0.2) is 40.8 Å². The van der Waals surface area contributed by atoms with Crippen LogP contribution in [0.1, 0.15) is 6.42 Å². The fourth-order valence-corrected chi connectivity index (χ4v) is 1.19. The first-order valence-electron chi connectivity index (χ1n) is 3.77. The van der Waals surface area contributed by atoms with E-state index in [1.165, 1.54) is 0 Å². The summed E-state index contributed by atoms with van der Waals surface area (Å²) in [5.74, 6) is 0.118. The number of hydrogen-bond donors (Lipinski definition) is 1. The van der Waals surface area contributed by atoms with E-state index in [-0.39, 0.29) is 5.78 Å². The zero-order chi connectivity index (χ0) is 8.39. The van der Waals surface area contributed by atoms with Gasteiger partial charge in [-0.05, 0) is 6.08 Å². The Bertz CT molecular complexity index is 334. The highest BCUT2D eigenvalue weighted by atomic mass is 16.1. The molecule has 1 heterocycles. The van der Waals surface area contributed by atoms with E-state index in [0.717, 1.165) is 5.70 Å². The van der Waals surface area contributed by atoms with Gasteiger partial charge in [-0.15, -0.1) is 0 Å². The topological polar surface area (TPSA) is 41.5 Å². The molecule has 1 aliphatic heterocycles. The molecule has 3 nitrogen and oxygen atoms in total. The number of carbonyl (C=O) groups excluding carboxylic acids is 1. The van der Waals surface area contributed by atoms with Crippen LogP contribution in [0.5, 0.6) is 0 Å². The molecule has 0 fully saturated rings. The summed E-state index contributed by atoms with van der Waals surface area (Å²) >= 11 is 0. The first-order valence-corrected chi connectivity index (χ1v) is 3.77. The smallest absolute Gasteiger partial charge is 0.170 e. The molecule has 0 spiro atoms. The summed E-state index contributed by atoms with van der Waals surface area (Å²) < 4.78 is 0. The van der Waals surface area contributed by atoms with Gasteiger partial charge in [0.1, 0.15) is 0 Å². The number of hydrogen-bond acceptors (Lipinski definition) is 3. The summed E-state index contributed by atoms with van der Waals surface area (Å²) in [4.78, 5) is 15.2. The summed E-state index contributed by atoms with van der Waals surface area (Å²) in [5, 5.41) is 2.98. The van der Waals surface area contributed by atoms with Gasteiger partial charge in [0.25, 0.3) is 0 Å². The Morgan fingerprint density at radius 1 is 1.50 bits per heavy atom. The summed E-state index contributed by atoms with van der Waals surface area (Å²) in [6.07, 6.45) is 9.16. The maximum atomic E-state index is 11.3. The van der Waals surface area contributed by atoms with Crippen LogP contribution in [0.3, 0.4) is 0 Å². The average Bonchev–Trinajstić information content (AvgIpc) is 2.30. The van der Waals surface area contributed by atoms with E-state index in [4.69, 9.17) is 0 Å². The molecule has 12 heavy (non-hydrogen) atoms. The lowest BCUT2D eigenvalue weighted by Gasteiger charge is -2.09. The van der Waals surface area contributed by atoms with Crippen molar-refractivity contribution in [3.63, 3.8) is 0 Å². The maximum absolute atomic E-state index is 11.3. The highest BCUT2D eigenvalue weighted by Crippen LogP contribution is 2.13. The number of nitrogens with one attached hydrogen (secondary N) is 1. The second-order valence-corrected chi connectivity index (χ2v) is 2.60. The van der Waals surface area contributed by atoms with Crippen LogP contribution in [0.2, 0.25) is 0 Å². The van der Waals surface area contributed by atoms with Crippen LogP contribution in [0.4, 0.5) is 0 Å². The van der Waals surface area contributed by atoms with Gasteiger partial charge >= 0.3 is 0 Å². The maximum Gasteiger partial charge on any atom is 0.170 e. The van der Waals surface area contributed by atoms with E-state index in [0.29, 0.717) is 12.0 Å². The molecule has 1 N–H and O–H groups in total. The van der Waals surface area contributed by atoms with Gasteiger partial charge in [-0.1, -0.05) is 6.08 Å². The molecule has 1 aliphatic carbocycles. The molecule has 0 saturated carbocycles. The molecule has 0 saturated heterocycles. The van der Waals surface area contributed by atoms with Crippen molar-refractivity contribution in [1.82, 2.24) is 5.32 Å². The first-order chi connectivity index (χ1) is 5.88. The Balaban J connectivity index is 2.45. The van der Waals surface area contributed by atoms with Gasteiger partial charge < -0.3 is 5.32 Å². The zero-order valence-electron chi connectivity index (χ0n) is 6.45. The first kappa shape index (κ1) is 7.03. The molecule has 0 amide bonds. The monoisotopic (exact) mass is 160 g/mol. The Morgan fingerprint density at radius 3 is 3.33 bits per heavy atom. The minimum atomic E-state index is 0.118. The number of ketones is 1. The molecule has 3 heteroatoms. The fourth-order valence-electron chi connectivity index (χ4n) is 1.19. The summed E-state index contributed by atoms with van der Waals surface area (Å²) in [6.45, 7) is 0. The molecule has 60 valence electrons. The number of nitrogens with zero attached hydrogens (tertiary/aromatic N) is 1. The molecule has 0 atom stereocenters. The lowest BCUT2D eigenvalue weighted by atomic mass is 10.0. The summed E-state index contributed by atoms with van der Waals surface area (Å²) in [7, 11) is 0. The summed E-state index contributed by atoms with van der Waals surface area (Å²) in [6, 6.07) is 0. The van der Waals surface area contributed by atoms with Crippen LogP contribution in [0.25, 0.3) is 0 Å². The van der Waals surface area contributed by atoms with E-state index in [1.54, 1.807) is 18.6 Å². The molecule has 2 rings (SSSR count). The number of rotatable bonds is 0. The van der Waals surface area contributed by atoms with Crippen LogP contribution in [-0.2, 0) is 4.79 Å². The van der Waals surface area contributed by atoms with Gasteiger partial charge in [0.05, 0.1) is 11.3 Å². The quantitative estimate of drug-likeness (QED) is 0.572. The van der Waals surface area contributed by atoms with E-state index >= 15 is 0 Å². The summed E-state index contributed by atoms with van der Waals surface area (Å²) in [5.41, 5.74) is 1.51. The Labute approximate surface area is 70.2 Å². The number of aliphatic imine (C=N–C) groups is 1. The van der Waals surface area contributed by atoms with Crippen LogP contribution >= 0.6 is 0 Å². The largest absolute Gasteiger partial charge is 0.360 e. The predicted octanol–water partition coefficient (Wildman–Crippen LogP) is 0.915. The molecule has 0 aromatic rings. The molecule has 0 aromatic heterocycles. The van der Waals surface area contributed by atoms with Gasteiger partial charge in [-0.25, -0.2) is 0 Å². The van der Waals surface area contributed by atoms with Crippen LogP contribution in [-0.4, -0.2) is 12.0 Å². The van der Waals surface area contributed by atoms with E-state index in [2.05, 4.69) is 10.3 Å². The van der Waals surface area contributed by atoms with Gasteiger partial charge in [-0.2, -0.15) is 0 Å². The number of carbonyl (C=O) groups is 1. The standard InChI is InChI=1S/C9H8N2O/c12-9-3-1-2-8-7(9)6-10-4-5-11-8/h1-2,4-6,11H,3H2. The predicted molar refractivity (Wildman–Crippen MR) is 46.6 cm³/mol. The average molecular weight is 160 g/mol. The van der Waals surface area contributed by atoms with Crippen molar-refractivity contribution in [2.24, 2.45) is 4.99 Å². The molecular formula is C9H8N2O. The van der Waals surface area contributed by atoms with Crippen LogP contribution < -0.4 is 5.32 Å². The number of Topliss-reactive ketones (excluding diaryl/α,β-unsaturated/α-hetero) is 1. The second-order valence-electron chi connectivity index (χ2n) is 2.60. The third-order valence-corrected chi connectivity index (χ3v) is 1.78. The van der Waals surface area contributed by atoms with Crippen molar-refractivity contribution in [2.75, 3.05) is 0 Å². The molecule has 0 bridgehead atoms. The SMILES string of the molecule is O=C1CC=CC2=C1C=NC=CN2. The zero-order valence-corrected chi connectivity index (χ0v) is 6.45. The lowest BCUT2D eigenvalue weighted by Crippen LogP contribution is -2.15. The third kappa shape index (κ3) is 1.09. The Kier molecular flexibility index (Phi) is 1.63. The molecular weight excluding hydrogens is 152 g/mol. The third-order valence-electron chi connectivity index (χ3n) is 1.78. The molecule has 0 aromatic carbocycles. The van der Waals surface area contributed by atoms with Gasteiger partial charge in [0.15, 0.2) is 5.78 Å². The Hall–Kier alpha value is -1.64. The van der Waals surface area contributed by atoms with Crippen molar-refractivity contribution in [3.05, 3.63) is 35.8 Å². The van der Waals surface area contributed by atoms with Gasteiger partial charge in [-0.3, -0.25) is 9.79 Å². The van der Waals surface area contributed by atoms with Crippen molar-refractivity contribution in [2.45, 2.75) is 6.42 Å². The fraction of sp³-hybridized carbons (Fsp3) is 0.111. The van der Waals surface area contributed by atoms with E-state index in [1.807, 2.05) is 12.2 Å². The lowest BCUT2D eigenvalue weighted by molar-refractivity contribution is -0.114. The molecule has 2 aliphatic rings. The normalized spacial score (nSPS) is 20.5. The molecule has 0 unspecified atom stereocenters. The van der Waals surface area contributed by atoms with Crippen molar-refractivity contribution >= 4 is 12.0 Å². The Morgan fingerprint density at radius 2 is 2.42 bits per heavy atom. The van der Waals surface area contributed by atoms with Crippen LogP contribution in [0, 0.1) is 0 Å². The minimum absolute atomic E-state index is 0.118. The van der Waals surface area contributed by atoms with Gasteiger partial charge in [0.2, 0.25) is 0 Å². The van der Waals surface area contributed by atoms with E-state index < -0.39 is 0 Å². The minimum Gasteiger partial charge on any atom is -0.360 e. The highest BCUT2D eigenvalue weighted by Gasteiger charge is 2.14.